The van der Waals surface area contributed by atoms with E-state index in [-0.39, 0.29) is 0 Å². The highest BCUT2D eigenvalue weighted by Crippen LogP contribution is 2.45. The van der Waals surface area contributed by atoms with Crippen LogP contribution in [-0.2, 0) is 0 Å². The lowest BCUT2D eigenvalue weighted by Crippen LogP contribution is -2.11. The van der Waals surface area contributed by atoms with Gasteiger partial charge in [0.1, 0.15) is 0 Å². The van der Waals surface area contributed by atoms with Gasteiger partial charge >= 0.3 is 0 Å². The van der Waals surface area contributed by atoms with Crippen molar-refractivity contribution in [1.82, 2.24) is 4.57 Å². The Kier molecular flexibility index (Phi) is 8.87. The largest absolute Gasteiger partial charge is 0.310 e. The van der Waals surface area contributed by atoms with Crippen LogP contribution in [0.2, 0.25) is 0 Å². The van der Waals surface area contributed by atoms with Gasteiger partial charge in [-0.3, -0.25) is 0 Å². The summed E-state index contributed by atoms with van der Waals surface area (Å²) in [6.07, 6.45) is 0. The van der Waals surface area contributed by atoms with Gasteiger partial charge in [-0.15, -0.1) is 0 Å². The zero-order valence-electron chi connectivity index (χ0n) is 33.0. The Bertz CT molecular complexity index is 3240. The predicted octanol–water partition coefficient (Wildman–Crippen LogP) is 16.1. The first kappa shape index (κ1) is 35.2. The van der Waals surface area contributed by atoms with Crippen LogP contribution in [0.5, 0.6) is 0 Å². The van der Waals surface area contributed by atoms with Crippen molar-refractivity contribution < 1.29 is 0 Å². The number of aromatic nitrogens is 1. The number of fused-ring (bicyclic) bond motifs is 4. The van der Waals surface area contributed by atoms with E-state index in [1.165, 1.54) is 60.4 Å². The lowest BCUT2D eigenvalue weighted by atomic mass is 9.92. The van der Waals surface area contributed by atoms with E-state index >= 15 is 0 Å². The molecule has 60 heavy (non-hydrogen) atoms. The van der Waals surface area contributed by atoms with Crippen molar-refractivity contribution in [3.63, 3.8) is 0 Å². The third-order valence-electron chi connectivity index (χ3n) is 11.8. The van der Waals surface area contributed by atoms with Crippen LogP contribution in [0.1, 0.15) is 0 Å². The second kappa shape index (κ2) is 15.1. The number of anilines is 3. The summed E-state index contributed by atoms with van der Waals surface area (Å²) in [6.45, 7) is 0. The molecule has 2 nitrogen and oxygen atoms in total. The highest BCUT2D eigenvalue weighted by atomic mass is 15.1. The van der Waals surface area contributed by atoms with E-state index in [9.17, 15) is 0 Å². The molecular formula is C58H40N2. The molecule has 0 aliphatic heterocycles. The summed E-state index contributed by atoms with van der Waals surface area (Å²) in [5, 5.41) is 5.01. The van der Waals surface area contributed by atoms with E-state index in [0.29, 0.717) is 0 Å². The van der Waals surface area contributed by atoms with Crippen molar-refractivity contribution >= 4 is 49.6 Å². The van der Waals surface area contributed by atoms with Gasteiger partial charge in [0.25, 0.3) is 0 Å². The zero-order valence-corrected chi connectivity index (χ0v) is 33.0. The van der Waals surface area contributed by atoms with Crippen LogP contribution in [0.4, 0.5) is 17.1 Å². The molecule has 10 aromatic carbocycles. The van der Waals surface area contributed by atoms with Gasteiger partial charge in [-0.25, -0.2) is 0 Å². The molecule has 0 fully saturated rings. The number of rotatable bonds is 8. The monoisotopic (exact) mass is 764 g/mol. The minimum atomic E-state index is 1.09. The Balaban J connectivity index is 1.06. The highest BCUT2D eigenvalue weighted by Gasteiger charge is 2.21. The molecule has 2 heteroatoms. The molecule has 0 radical (unpaired) electrons. The van der Waals surface area contributed by atoms with Gasteiger partial charge in [-0.2, -0.15) is 0 Å². The maximum atomic E-state index is 2.42. The fourth-order valence-electron chi connectivity index (χ4n) is 9.06. The number of para-hydroxylation sites is 4. The summed E-state index contributed by atoms with van der Waals surface area (Å²) in [5.41, 5.74) is 16.4. The molecule has 282 valence electrons. The minimum absolute atomic E-state index is 1.09. The van der Waals surface area contributed by atoms with Gasteiger partial charge in [0.15, 0.2) is 0 Å². The van der Waals surface area contributed by atoms with Crippen LogP contribution in [-0.4, -0.2) is 4.57 Å². The minimum Gasteiger partial charge on any atom is -0.310 e. The van der Waals surface area contributed by atoms with Crippen LogP contribution >= 0.6 is 0 Å². The van der Waals surface area contributed by atoms with E-state index in [1.54, 1.807) is 0 Å². The van der Waals surface area contributed by atoms with Gasteiger partial charge < -0.3 is 9.47 Å². The quantitative estimate of drug-likeness (QED) is 0.150. The Morgan fingerprint density at radius 2 is 0.700 bits per heavy atom. The van der Waals surface area contributed by atoms with E-state index in [1.807, 2.05) is 0 Å². The van der Waals surface area contributed by atoms with Crippen LogP contribution in [0.3, 0.4) is 0 Å². The summed E-state index contributed by atoms with van der Waals surface area (Å²) in [4.78, 5) is 2.39. The molecule has 0 saturated carbocycles. The highest BCUT2D eigenvalue weighted by molar-refractivity contribution is 6.10. The first-order valence-electron chi connectivity index (χ1n) is 20.6. The Morgan fingerprint density at radius 3 is 1.30 bits per heavy atom. The molecule has 0 saturated heterocycles. The molecular weight excluding hydrogens is 725 g/mol. The summed E-state index contributed by atoms with van der Waals surface area (Å²) in [5.74, 6) is 0. The molecule has 1 aromatic heterocycles. The van der Waals surface area contributed by atoms with Crippen molar-refractivity contribution in [2.24, 2.45) is 0 Å². The lowest BCUT2D eigenvalue weighted by Gasteiger charge is -2.29. The summed E-state index contributed by atoms with van der Waals surface area (Å²) < 4.78 is 2.42. The molecule has 0 spiro atoms. The Hall–Kier alpha value is -7.94. The zero-order chi connectivity index (χ0) is 39.8. The van der Waals surface area contributed by atoms with Crippen molar-refractivity contribution in [1.29, 1.82) is 0 Å². The molecule has 11 rings (SSSR count). The second-order valence-electron chi connectivity index (χ2n) is 15.3. The third kappa shape index (κ3) is 6.14. The van der Waals surface area contributed by atoms with Crippen LogP contribution in [0.15, 0.2) is 243 Å². The summed E-state index contributed by atoms with van der Waals surface area (Å²) in [6, 6.07) is 87.8. The molecule has 1 heterocycles. The molecule has 0 bridgehead atoms. The van der Waals surface area contributed by atoms with Gasteiger partial charge in [0.05, 0.1) is 22.4 Å². The number of nitrogens with zero attached hydrogens (tertiary/aromatic N) is 2. The molecule has 11 aromatic rings. The van der Waals surface area contributed by atoms with E-state index in [2.05, 4.69) is 252 Å². The van der Waals surface area contributed by atoms with E-state index in [0.717, 1.165) is 39.4 Å². The Morgan fingerprint density at radius 1 is 0.267 bits per heavy atom. The number of hydrogen-bond donors (Lipinski definition) is 0. The van der Waals surface area contributed by atoms with Gasteiger partial charge in [-0.05, 0) is 98.8 Å². The molecule has 0 atom stereocenters. The molecule has 0 unspecified atom stereocenters. The topological polar surface area (TPSA) is 8.17 Å². The smallest absolute Gasteiger partial charge is 0.0541 e. The average Bonchev–Trinajstić information content (AvgIpc) is 3.67. The molecule has 0 amide bonds. The Labute approximate surface area is 350 Å². The van der Waals surface area contributed by atoms with Gasteiger partial charge in [0, 0.05) is 33.3 Å². The second-order valence-corrected chi connectivity index (χ2v) is 15.3. The first-order valence-corrected chi connectivity index (χ1v) is 20.6. The maximum Gasteiger partial charge on any atom is 0.0541 e. The fraction of sp³-hybridized carbons (Fsp3) is 0. The van der Waals surface area contributed by atoms with Crippen molar-refractivity contribution in [2.45, 2.75) is 0 Å². The average molecular weight is 765 g/mol. The van der Waals surface area contributed by atoms with Crippen molar-refractivity contribution in [3.8, 4) is 50.2 Å². The van der Waals surface area contributed by atoms with E-state index < -0.39 is 0 Å². The summed E-state index contributed by atoms with van der Waals surface area (Å²) >= 11 is 0. The fourth-order valence-corrected chi connectivity index (χ4v) is 9.06. The van der Waals surface area contributed by atoms with Gasteiger partial charge in [-0.1, -0.05) is 188 Å². The SMILES string of the molecule is c1ccc(-c2cc(-c3ccccc3-n3c4ccccc4c4ccccc43)ccc2N(c2ccccc2)c2ccc(-c3ccc(-c4ccccc4)c4ccccc34)cc2)cc1. The first-order chi connectivity index (χ1) is 29.8. The molecule has 0 aliphatic carbocycles. The van der Waals surface area contributed by atoms with Crippen LogP contribution in [0, 0.1) is 0 Å². The lowest BCUT2D eigenvalue weighted by molar-refractivity contribution is 1.18. The predicted molar refractivity (Wildman–Crippen MR) is 255 cm³/mol. The number of benzene rings is 10. The van der Waals surface area contributed by atoms with Crippen molar-refractivity contribution in [2.75, 3.05) is 4.90 Å². The standard InChI is InChI=1S/C58H40N2/c1-4-18-41(19-5-1)47-37-38-48(51-26-11-10-25-50(47)51)43-32-35-46(36-33-43)59(45-22-8-3-9-23-45)58-39-34-44(40-54(58)42-20-6-2-7-21-42)49-24-12-15-29-55(49)60-56-30-16-13-27-52(56)53-28-14-17-31-57(53)60/h1-40H. The third-order valence-corrected chi connectivity index (χ3v) is 11.8. The van der Waals surface area contributed by atoms with Crippen LogP contribution < -0.4 is 4.90 Å². The normalized spacial score (nSPS) is 11.3. The summed E-state index contributed by atoms with van der Waals surface area (Å²) in [7, 11) is 0. The van der Waals surface area contributed by atoms with Crippen LogP contribution in [0.25, 0.3) is 82.8 Å². The maximum absolute atomic E-state index is 2.42. The van der Waals surface area contributed by atoms with E-state index in [4.69, 9.17) is 0 Å². The van der Waals surface area contributed by atoms with Crippen molar-refractivity contribution in [3.05, 3.63) is 243 Å². The number of hydrogen-bond acceptors (Lipinski definition) is 1. The van der Waals surface area contributed by atoms with Gasteiger partial charge in [0.2, 0.25) is 0 Å². The molecule has 0 N–H and O–H groups in total. The molecule has 0 aliphatic rings.